The molecule has 4 nitrogen and oxygen atoms in total. The normalized spacial score (nSPS) is 10.6. The summed E-state index contributed by atoms with van der Waals surface area (Å²) in [6.07, 6.45) is -0.0444. The van der Waals surface area contributed by atoms with E-state index in [-0.39, 0.29) is 17.8 Å². The van der Waals surface area contributed by atoms with E-state index >= 15 is 0 Å². The third-order valence-electron chi connectivity index (χ3n) is 2.80. The summed E-state index contributed by atoms with van der Waals surface area (Å²) in [6, 6.07) is 7.70. The van der Waals surface area contributed by atoms with E-state index in [2.05, 4.69) is 15.9 Å². The van der Waals surface area contributed by atoms with Crippen molar-refractivity contribution in [2.75, 3.05) is 0 Å². The molecule has 0 spiro atoms. The first-order valence-electron chi connectivity index (χ1n) is 5.67. The second-order valence-electron chi connectivity index (χ2n) is 4.08. The van der Waals surface area contributed by atoms with Gasteiger partial charge in [-0.1, -0.05) is 39.4 Å². The molecular formula is C13H12BrNO3S. The number of carboxylic acid groups (broad SMARTS) is 1. The minimum Gasteiger partial charge on any atom is -0.481 e. The van der Waals surface area contributed by atoms with Crippen LogP contribution in [-0.4, -0.2) is 15.6 Å². The molecule has 0 saturated carbocycles. The number of benzene rings is 1. The molecule has 2 aromatic rings. The van der Waals surface area contributed by atoms with Crippen LogP contribution in [0.5, 0.6) is 0 Å². The number of aliphatic carboxylic acids is 1. The van der Waals surface area contributed by atoms with Gasteiger partial charge in [-0.25, -0.2) is 0 Å². The monoisotopic (exact) mass is 341 g/mol. The quantitative estimate of drug-likeness (QED) is 0.929. The van der Waals surface area contributed by atoms with E-state index < -0.39 is 5.97 Å². The van der Waals surface area contributed by atoms with Gasteiger partial charge in [-0.05, 0) is 24.6 Å². The number of thiazole rings is 1. The van der Waals surface area contributed by atoms with Crippen molar-refractivity contribution in [3.8, 4) is 10.4 Å². The Bertz CT molecular complexity index is 658. The molecule has 0 saturated heterocycles. The van der Waals surface area contributed by atoms with Gasteiger partial charge in [-0.15, -0.1) is 0 Å². The Hall–Kier alpha value is -1.40. The van der Waals surface area contributed by atoms with Crippen LogP contribution in [0, 0.1) is 6.92 Å². The van der Waals surface area contributed by atoms with Crippen LogP contribution in [0.25, 0.3) is 10.4 Å². The molecule has 1 aromatic heterocycles. The van der Waals surface area contributed by atoms with Crippen LogP contribution in [0.15, 0.2) is 33.5 Å². The highest BCUT2D eigenvalue weighted by atomic mass is 79.9. The first-order chi connectivity index (χ1) is 8.99. The first kappa shape index (κ1) is 14.0. The largest absolute Gasteiger partial charge is 0.481 e. The lowest BCUT2D eigenvalue weighted by Gasteiger charge is -2.04. The zero-order valence-electron chi connectivity index (χ0n) is 10.2. The summed E-state index contributed by atoms with van der Waals surface area (Å²) < 4.78 is 2.50. The Labute approximate surface area is 122 Å². The molecule has 0 radical (unpaired) electrons. The minimum absolute atomic E-state index is 0.0444. The highest BCUT2D eigenvalue weighted by Crippen LogP contribution is 2.27. The lowest BCUT2D eigenvalue weighted by molar-refractivity contribution is -0.137. The van der Waals surface area contributed by atoms with Crippen molar-refractivity contribution in [2.45, 2.75) is 19.9 Å². The van der Waals surface area contributed by atoms with Gasteiger partial charge in [0.25, 0.3) is 0 Å². The van der Waals surface area contributed by atoms with E-state index in [1.807, 2.05) is 31.2 Å². The number of rotatable bonds is 4. The molecule has 1 N–H and O–H groups in total. The molecule has 1 aromatic carbocycles. The van der Waals surface area contributed by atoms with Crippen molar-refractivity contribution in [2.24, 2.45) is 0 Å². The highest BCUT2D eigenvalue weighted by Gasteiger charge is 2.13. The van der Waals surface area contributed by atoms with Crippen LogP contribution in [0.4, 0.5) is 0 Å². The number of aromatic nitrogens is 1. The van der Waals surface area contributed by atoms with Crippen molar-refractivity contribution in [3.05, 3.63) is 44.1 Å². The van der Waals surface area contributed by atoms with Crippen molar-refractivity contribution in [1.82, 2.24) is 4.57 Å². The molecule has 19 heavy (non-hydrogen) atoms. The number of hydrogen-bond acceptors (Lipinski definition) is 3. The lowest BCUT2D eigenvalue weighted by atomic mass is 10.1. The Morgan fingerprint density at radius 3 is 2.58 bits per heavy atom. The fourth-order valence-corrected chi connectivity index (χ4v) is 3.10. The highest BCUT2D eigenvalue weighted by molar-refractivity contribution is 9.10. The maximum Gasteiger partial charge on any atom is 0.307 e. The molecule has 1 heterocycles. The maximum absolute atomic E-state index is 11.9. The smallest absolute Gasteiger partial charge is 0.307 e. The van der Waals surface area contributed by atoms with E-state index in [0.717, 1.165) is 31.9 Å². The predicted molar refractivity (Wildman–Crippen MR) is 78.7 cm³/mol. The number of carbonyl (C=O) groups is 1. The average Bonchev–Trinajstić information content (AvgIpc) is 2.63. The minimum atomic E-state index is -0.900. The van der Waals surface area contributed by atoms with E-state index in [4.69, 9.17) is 5.11 Å². The van der Waals surface area contributed by atoms with Gasteiger partial charge in [0.15, 0.2) is 0 Å². The molecule has 100 valence electrons. The van der Waals surface area contributed by atoms with E-state index in [1.54, 1.807) is 0 Å². The van der Waals surface area contributed by atoms with E-state index in [0.29, 0.717) is 0 Å². The van der Waals surface area contributed by atoms with Gasteiger partial charge in [0.2, 0.25) is 0 Å². The molecule has 0 bridgehead atoms. The third-order valence-corrected chi connectivity index (χ3v) is 4.46. The van der Waals surface area contributed by atoms with E-state index in [9.17, 15) is 9.59 Å². The Morgan fingerprint density at radius 1 is 1.37 bits per heavy atom. The van der Waals surface area contributed by atoms with Crippen molar-refractivity contribution in [1.29, 1.82) is 0 Å². The Kier molecular flexibility index (Phi) is 4.21. The molecule has 0 amide bonds. The average molecular weight is 342 g/mol. The van der Waals surface area contributed by atoms with Gasteiger partial charge in [0.05, 0.1) is 11.3 Å². The second kappa shape index (κ2) is 5.71. The topological polar surface area (TPSA) is 59.3 Å². The summed E-state index contributed by atoms with van der Waals surface area (Å²) in [4.78, 5) is 23.3. The molecule has 2 rings (SSSR count). The summed E-state index contributed by atoms with van der Waals surface area (Å²) in [5.74, 6) is -0.900. The van der Waals surface area contributed by atoms with Crippen molar-refractivity contribution >= 4 is 33.2 Å². The lowest BCUT2D eigenvalue weighted by Crippen LogP contribution is -2.16. The summed E-state index contributed by atoms with van der Waals surface area (Å²) in [6.45, 7) is 2.06. The SMILES string of the molecule is Cc1c(-c2ccc(Br)cc2)sc(=O)n1CCC(=O)O. The maximum atomic E-state index is 11.9. The summed E-state index contributed by atoms with van der Waals surface area (Å²) in [5.41, 5.74) is 1.79. The van der Waals surface area contributed by atoms with Crippen LogP contribution in [-0.2, 0) is 11.3 Å². The zero-order valence-corrected chi connectivity index (χ0v) is 12.6. The van der Waals surface area contributed by atoms with Crippen LogP contribution < -0.4 is 4.87 Å². The van der Waals surface area contributed by atoms with E-state index in [1.165, 1.54) is 4.57 Å². The fourth-order valence-electron chi connectivity index (χ4n) is 1.81. The summed E-state index contributed by atoms with van der Waals surface area (Å²) >= 11 is 4.52. The van der Waals surface area contributed by atoms with Crippen LogP contribution in [0.1, 0.15) is 12.1 Å². The second-order valence-corrected chi connectivity index (χ2v) is 5.96. The standard InChI is InChI=1S/C13H12BrNO3S/c1-8-12(9-2-4-10(14)5-3-9)19-13(18)15(8)7-6-11(16)17/h2-5H,6-7H2,1H3,(H,16,17). The number of nitrogens with zero attached hydrogens (tertiary/aromatic N) is 1. The number of halogens is 1. The predicted octanol–water partition coefficient (Wildman–Crippen LogP) is 3.12. The van der Waals surface area contributed by atoms with Gasteiger partial charge in [-0.3, -0.25) is 9.59 Å². The Balaban J connectivity index is 2.38. The Morgan fingerprint density at radius 2 is 2.00 bits per heavy atom. The zero-order chi connectivity index (χ0) is 14.0. The molecule has 0 fully saturated rings. The van der Waals surface area contributed by atoms with Crippen molar-refractivity contribution < 1.29 is 9.90 Å². The van der Waals surface area contributed by atoms with Gasteiger partial charge in [-0.2, -0.15) is 0 Å². The van der Waals surface area contributed by atoms with Crippen LogP contribution in [0.3, 0.4) is 0 Å². The fraction of sp³-hybridized carbons (Fsp3) is 0.231. The molecular weight excluding hydrogens is 330 g/mol. The van der Waals surface area contributed by atoms with Crippen molar-refractivity contribution in [3.63, 3.8) is 0 Å². The number of hydrogen-bond donors (Lipinski definition) is 1. The summed E-state index contributed by atoms with van der Waals surface area (Å²) in [7, 11) is 0. The summed E-state index contributed by atoms with van der Waals surface area (Å²) in [5, 5.41) is 8.69. The molecule has 0 aliphatic carbocycles. The van der Waals surface area contributed by atoms with Gasteiger partial charge < -0.3 is 9.67 Å². The molecule has 6 heteroatoms. The van der Waals surface area contributed by atoms with Gasteiger partial charge >= 0.3 is 10.8 Å². The molecule has 0 unspecified atom stereocenters. The molecule has 0 aliphatic rings. The third kappa shape index (κ3) is 3.13. The number of carboxylic acids is 1. The van der Waals surface area contributed by atoms with Crippen LogP contribution >= 0.6 is 27.3 Å². The van der Waals surface area contributed by atoms with Gasteiger partial charge in [0, 0.05) is 16.7 Å². The molecule has 0 atom stereocenters. The van der Waals surface area contributed by atoms with Gasteiger partial charge in [0.1, 0.15) is 0 Å². The first-order valence-corrected chi connectivity index (χ1v) is 7.28. The molecule has 0 aliphatic heterocycles. The van der Waals surface area contributed by atoms with Crippen LogP contribution in [0.2, 0.25) is 0 Å².